The van der Waals surface area contributed by atoms with E-state index >= 15 is 0 Å². The van der Waals surface area contributed by atoms with E-state index in [2.05, 4.69) is 38.3 Å². The molecule has 3 heteroatoms. The molecule has 1 saturated heterocycles. The summed E-state index contributed by atoms with van der Waals surface area (Å²) in [7, 11) is 0. The Labute approximate surface area is 99.4 Å². The zero-order valence-corrected chi connectivity index (χ0v) is 11.1. The van der Waals surface area contributed by atoms with Gasteiger partial charge >= 0.3 is 0 Å². The minimum atomic E-state index is -0.0200. The van der Waals surface area contributed by atoms with E-state index in [0.717, 1.165) is 25.9 Å². The zero-order valence-electron chi connectivity index (χ0n) is 11.1. The van der Waals surface area contributed by atoms with Gasteiger partial charge in [0.15, 0.2) is 0 Å². The molecule has 0 radical (unpaired) electrons. The molecule has 2 N–H and O–H groups in total. The van der Waals surface area contributed by atoms with Crippen LogP contribution in [0.5, 0.6) is 0 Å². The standard InChI is InChI=1S/C13H26N2O/c1-10(2)6-9-15-12(16)11-13(3,4)7-5-8-14-11/h10-11,14H,5-9H2,1-4H3,(H,15,16). The number of amides is 1. The van der Waals surface area contributed by atoms with Gasteiger partial charge in [0.1, 0.15) is 0 Å². The minimum absolute atomic E-state index is 0.0200. The lowest BCUT2D eigenvalue weighted by Gasteiger charge is -2.38. The maximum Gasteiger partial charge on any atom is 0.237 e. The van der Waals surface area contributed by atoms with E-state index in [4.69, 9.17) is 0 Å². The smallest absolute Gasteiger partial charge is 0.237 e. The van der Waals surface area contributed by atoms with Crippen LogP contribution in [-0.2, 0) is 4.79 Å². The number of nitrogens with one attached hydrogen (secondary N) is 2. The number of carbonyl (C=O) groups excluding carboxylic acids is 1. The highest BCUT2D eigenvalue weighted by molar-refractivity contribution is 5.82. The quantitative estimate of drug-likeness (QED) is 0.769. The number of hydrogen-bond acceptors (Lipinski definition) is 2. The summed E-state index contributed by atoms with van der Waals surface area (Å²) >= 11 is 0. The van der Waals surface area contributed by atoms with Gasteiger partial charge in [0.25, 0.3) is 0 Å². The van der Waals surface area contributed by atoms with Gasteiger partial charge in [0.2, 0.25) is 5.91 Å². The highest BCUT2D eigenvalue weighted by atomic mass is 16.2. The van der Waals surface area contributed by atoms with Crippen LogP contribution in [-0.4, -0.2) is 25.0 Å². The molecule has 94 valence electrons. The fourth-order valence-electron chi connectivity index (χ4n) is 2.24. The molecule has 0 saturated carbocycles. The van der Waals surface area contributed by atoms with Crippen LogP contribution in [0.15, 0.2) is 0 Å². The van der Waals surface area contributed by atoms with Gasteiger partial charge in [-0.15, -0.1) is 0 Å². The highest BCUT2D eigenvalue weighted by Crippen LogP contribution is 2.29. The number of rotatable bonds is 4. The third kappa shape index (κ3) is 3.78. The van der Waals surface area contributed by atoms with Gasteiger partial charge in [0.05, 0.1) is 6.04 Å². The van der Waals surface area contributed by atoms with Crippen molar-refractivity contribution in [3.63, 3.8) is 0 Å². The molecule has 1 aliphatic rings. The van der Waals surface area contributed by atoms with Crippen molar-refractivity contribution in [3.05, 3.63) is 0 Å². The lowest BCUT2D eigenvalue weighted by Crippen LogP contribution is -2.55. The average molecular weight is 226 g/mol. The van der Waals surface area contributed by atoms with Crippen molar-refractivity contribution in [1.82, 2.24) is 10.6 Å². The lowest BCUT2D eigenvalue weighted by atomic mass is 9.77. The molecule has 0 aromatic heterocycles. The summed E-state index contributed by atoms with van der Waals surface area (Å²) in [6.07, 6.45) is 3.35. The van der Waals surface area contributed by atoms with Crippen molar-refractivity contribution >= 4 is 5.91 Å². The second-order valence-corrected chi connectivity index (χ2v) is 5.95. The molecule has 0 bridgehead atoms. The average Bonchev–Trinajstić information content (AvgIpc) is 2.16. The van der Waals surface area contributed by atoms with E-state index < -0.39 is 0 Å². The number of hydrogen-bond donors (Lipinski definition) is 2. The van der Waals surface area contributed by atoms with Gasteiger partial charge in [-0.05, 0) is 37.1 Å². The minimum Gasteiger partial charge on any atom is -0.355 e. The fraction of sp³-hybridized carbons (Fsp3) is 0.923. The highest BCUT2D eigenvalue weighted by Gasteiger charge is 2.36. The molecule has 0 aromatic rings. The van der Waals surface area contributed by atoms with E-state index in [1.807, 2.05) is 0 Å². The monoisotopic (exact) mass is 226 g/mol. The van der Waals surface area contributed by atoms with Crippen LogP contribution in [0.2, 0.25) is 0 Å². The van der Waals surface area contributed by atoms with Crippen LogP contribution < -0.4 is 10.6 Å². The lowest BCUT2D eigenvalue weighted by molar-refractivity contribution is -0.126. The van der Waals surface area contributed by atoms with Gasteiger partial charge < -0.3 is 10.6 Å². The molecule has 1 aliphatic heterocycles. The maximum atomic E-state index is 12.0. The molecular weight excluding hydrogens is 200 g/mol. The molecule has 0 aromatic carbocycles. The van der Waals surface area contributed by atoms with Crippen molar-refractivity contribution in [2.45, 2.75) is 53.0 Å². The molecule has 1 rings (SSSR count). The Bertz CT molecular complexity index is 236. The summed E-state index contributed by atoms with van der Waals surface area (Å²) in [6, 6.07) is -0.0200. The van der Waals surface area contributed by atoms with Crippen LogP contribution >= 0.6 is 0 Å². The molecule has 16 heavy (non-hydrogen) atoms. The number of piperidine rings is 1. The fourth-order valence-corrected chi connectivity index (χ4v) is 2.24. The second-order valence-electron chi connectivity index (χ2n) is 5.95. The van der Waals surface area contributed by atoms with Crippen LogP contribution in [0.25, 0.3) is 0 Å². The van der Waals surface area contributed by atoms with Gasteiger partial charge in [-0.1, -0.05) is 27.7 Å². The maximum absolute atomic E-state index is 12.0. The third-order valence-corrected chi connectivity index (χ3v) is 3.41. The van der Waals surface area contributed by atoms with Crippen molar-refractivity contribution in [1.29, 1.82) is 0 Å². The summed E-state index contributed by atoms with van der Waals surface area (Å²) in [6.45, 7) is 10.5. The Morgan fingerprint density at radius 3 is 2.75 bits per heavy atom. The summed E-state index contributed by atoms with van der Waals surface area (Å²) in [4.78, 5) is 12.0. The Morgan fingerprint density at radius 1 is 1.50 bits per heavy atom. The Hall–Kier alpha value is -0.570. The van der Waals surface area contributed by atoms with Crippen molar-refractivity contribution in [2.75, 3.05) is 13.1 Å². The van der Waals surface area contributed by atoms with E-state index in [1.54, 1.807) is 0 Å². The first-order chi connectivity index (χ1) is 7.43. The molecule has 1 atom stereocenters. The normalized spacial score (nSPS) is 24.4. The summed E-state index contributed by atoms with van der Waals surface area (Å²) < 4.78 is 0. The topological polar surface area (TPSA) is 41.1 Å². The predicted octanol–water partition coefficient (Wildman–Crippen LogP) is 1.93. The largest absolute Gasteiger partial charge is 0.355 e. The first-order valence-electron chi connectivity index (χ1n) is 6.44. The van der Waals surface area contributed by atoms with Crippen molar-refractivity contribution in [2.24, 2.45) is 11.3 Å². The molecule has 0 spiro atoms. The van der Waals surface area contributed by atoms with Crippen LogP contribution in [0.4, 0.5) is 0 Å². The molecule has 1 unspecified atom stereocenters. The first-order valence-corrected chi connectivity index (χ1v) is 6.44. The SMILES string of the molecule is CC(C)CCNC(=O)C1NCCCC1(C)C. The Kier molecular flexibility index (Phi) is 4.78. The van der Waals surface area contributed by atoms with E-state index in [9.17, 15) is 4.79 Å². The van der Waals surface area contributed by atoms with Gasteiger partial charge in [0, 0.05) is 6.54 Å². The summed E-state index contributed by atoms with van der Waals surface area (Å²) in [5.74, 6) is 0.818. The van der Waals surface area contributed by atoms with Gasteiger partial charge in [-0.25, -0.2) is 0 Å². The summed E-state index contributed by atoms with van der Waals surface area (Å²) in [5.41, 5.74) is 0.0835. The number of carbonyl (C=O) groups is 1. The molecule has 1 fully saturated rings. The molecule has 1 heterocycles. The van der Waals surface area contributed by atoms with Crippen LogP contribution in [0.3, 0.4) is 0 Å². The Balaban J connectivity index is 2.40. The van der Waals surface area contributed by atoms with Crippen molar-refractivity contribution in [3.8, 4) is 0 Å². The van der Waals surface area contributed by atoms with Crippen LogP contribution in [0.1, 0.15) is 47.0 Å². The zero-order chi connectivity index (χ0) is 12.2. The third-order valence-electron chi connectivity index (χ3n) is 3.41. The summed E-state index contributed by atoms with van der Waals surface area (Å²) in [5, 5.41) is 6.37. The predicted molar refractivity (Wildman–Crippen MR) is 67.3 cm³/mol. The van der Waals surface area contributed by atoms with E-state index in [1.165, 1.54) is 6.42 Å². The van der Waals surface area contributed by atoms with Gasteiger partial charge in [-0.3, -0.25) is 4.79 Å². The van der Waals surface area contributed by atoms with E-state index in [-0.39, 0.29) is 17.4 Å². The van der Waals surface area contributed by atoms with Crippen LogP contribution in [0, 0.1) is 11.3 Å². The Morgan fingerprint density at radius 2 is 2.19 bits per heavy atom. The molecule has 0 aliphatic carbocycles. The molecular formula is C13H26N2O. The molecule has 1 amide bonds. The van der Waals surface area contributed by atoms with Gasteiger partial charge in [-0.2, -0.15) is 0 Å². The molecule has 3 nitrogen and oxygen atoms in total. The van der Waals surface area contributed by atoms with E-state index in [0.29, 0.717) is 5.92 Å². The first kappa shape index (κ1) is 13.5. The second kappa shape index (κ2) is 5.67. The van der Waals surface area contributed by atoms with Crippen molar-refractivity contribution < 1.29 is 4.79 Å².